The van der Waals surface area contributed by atoms with Gasteiger partial charge in [-0.2, -0.15) is 5.10 Å². The van der Waals surface area contributed by atoms with Gasteiger partial charge in [0.2, 0.25) is 0 Å². The molecule has 1 amide bonds. The molecule has 0 spiro atoms. The number of carbonyl (C=O) groups is 1. The molecule has 0 radical (unpaired) electrons. The van der Waals surface area contributed by atoms with E-state index >= 15 is 0 Å². The quantitative estimate of drug-likeness (QED) is 0.541. The molecule has 2 aromatic rings. The Hall–Kier alpha value is -3.02. The molecule has 6 heteroatoms. The fraction of sp³-hybridized carbons (Fsp3) is 0.176. The Morgan fingerprint density at radius 2 is 1.96 bits per heavy atom. The largest absolute Gasteiger partial charge is 0.507 e. The summed E-state index contributed by atoms with van der Waals surface area (Å²) < 4.78 is 5.34. The fourth-order valence-corrected chi connectivity index (χ4v) is 1.83. The first-order valence-corrected chi connectivity index (χ1v) is 7.25. The highest BCUT2D eigenvalue weighted by molar-refractivity contribution is 5.86. The Kier molecular flexibility index (Phi) is 5.99. The first-order valence-electron chi connectivity index (χ1n) is 7.25. The monoisotopic (exact) mass is 313 g/mol. The molecule has 0 unspecified atom stereocenters. The number of rotatable bonds is 7. The molecule has 0 bridgehead atoms. The number of hydrogen-bond donors (Lipinski definition) is 3. The van der Waals surface area contributed by atoms with Crippen LogP contribution in [0.25, 0.3) is 0 Å². The molecular formula is C17H19N3O3. The maximum atomic E-state index is 11.7. The number of ether oxygens (including phenoxy) is 1. The van der Waals surface area contributed by atoms with Crippen LogP contribution in [0, 0.1) is 0 Å². The number of hydrogen-bond acceptors (Lipinski definition) is 5. The number of benzene rings is 2. The van der Waals surface area contributed by atoms with Gasteiger partial charge >= 0.3 is 0 Å². The van der Waals surface area contributed by atoms with Crippen LogP contribution >= 0.6 is 0 Å². The number of para-hydroxylation sites is 1. The summed E-state index contributed by atoms with van der Waals surface area (Å²) in [6, 6.07) is 14.1. The molecule has 0 heterocycles. The standard InChI is InChI=1S/C17H19N3O3/c1-2-23-15-9-7-14(8-10-15)18-12-17(22)20-19-11-13-5-3-4-6-16(13)21/h3-11,18,21H,2,12H2,1H3,(H,20,22)/b19-11+. The molecule has 6 nitrogen and oxygen atoms in total. The highest BCUT2D eigenvalue weighted by atomic mass is 16.5. The highest BCUT2D eigenvalue weighted by Gasteiger charge is 2.00. The zero-order valence-electron chi connectivity index (χ0n) is 12.8. The molecular weight excluding hydrogens is 294 g/mol. The highest BCUT2D eigenvalue weighted by Crippen LogP contribution is 2.15. The lowest BCUT2D eigenvalue weighted by Crippen LogP contribution is -2.25. The maximum Gasteiger partial charge on any atom is 0.259 e. The molecule has 2 rings (SSSR count). The van der Waals surface area contributed by atoms with E-state index in [0.717, 1.165) is 11.4 Å². The number of amides is 1. The summed E-state index contributed by atoms with van der Waals surface area (Å²) in [5, 5.41) is 16.4. The fourth-order valence-electron chi connectivity index (χ4n) is 1.83. The first kappa shape index (κ1) is 16.4. The second-order valence-electron chi connectivity index (χ2n) is 4.66. The lowest BCUT2D eigenvalue weighted by Gasteiger charge is -2.07. The van der Waals surface area contributed by atoms with Crippen molar-refractivity contribution in [3.05, 3.63) is 54.1 Å². The van der Waals surface area contributed by atoms with Gasteiger partial charge in [-0.05, 0) is 43.3 Å². The van der Waals surface area contributed by atoms with E-state index in [0.29, 0.717) is 12.2 Å². The van der Waals surface area contributed by atoms with E-state index in [1.807, 2.05) is 31.2 Å². The van der Waals surface area contributed by atoms with Gasteiger partial charge in [-0.15, -0.1) is 0 Å². The van der Waals surface area contributed by atoms with Crippen molar-refractivity contribution in [2.75, 3.05) is 18.5 Å². The van der Waals surface area contributed by atoms with Gasteiger partial charge in [-0.25, -0.2) is 5.43 Å². The number of nitrogens with one attached hydrogen (secondary N) is 2. The molecule has 0 aliphatic rings. The number of carbonyl (C=O) groups excluding carboxylic acids is 1. The van der Waals surface area contributed by atoms with Gasteiger partial charge in [0.25, 0.3) is 5.91 Å². The molecule has 2 aromatic carbocycles. The summed E-state index contributed by atoms with van der Waals surface area (Å²) in [6.45, 7) is 2.63. The third kappa shape index (κ3) is 5.35. The van der Waals surface area contributed by atoms with Gasteiger partial charge in [0.1, 0.15) is 11.5 Å². The minimum Gasteiger partial charge on any atom is -0.507 e. The van der Waals surface area contributed by atoms with Crippen molar-refractivity contribution >= 4 is 17.8 Å². The molecule has 0 atom stereocenters. The van der Waals surface area contributed by atoms with E-state index in [1.54, 1.807) is 24.3 Å². The zero-order chi connectivity index (χ0) is 16.5. The minimum atomic E-state index is -0.287. The summed E-state index contributed by atoms with van der Waals surface area (Å²) in [5.74, 6) is 0.610. The summed E-state index contributed by atoms with van der Waals surface area (Å²) >= 11 is 0. The van der Waals surface area contributed by atoms with E-state index in [1.165, 1.54) is 6.21 Å². The smallest absolute Gasteiger partial charge is 0.259 e. The number of phenols is 1. The summed E-state index contributed by atoms with van der Waals surface area (Å²) in [5.41, 5.74) is 3.74. The molecule has 0 aromatic heterocycles. The van der Waals surface area contributed by atoms with Gasteiger partial charge in [-0.1, -0.05) is 12.1 Å². The van der Waals surface area contributed by atoms with Crippen molar-refractivity contribution in [3.8, 4) is 11.5 Å². The van der Waals surface area contributed by atoms with Crippen molar-refractivity contribution in [3.63, 3.8) is 0 Å². The van der Waals surface area contributed by atoms with Crippen LogP contribution in [0.4, 0.5) is 5.69 Å². The van der Waals surface area contributed by atoms with Crippen molar-refractivity contribution in [2.45, 2.75) is 6.92 Å². The third-order valence-electron chi connectivity index (χ3n) is 2.95. The second kappa shape index (κ2) is 8.43. The topological polar surface area (TPSA) is 83.0 Å². The minimum absolute atomic E-state index is 0.0894. The molecule has 120 valence electrons. The van der Waals surface area contributed by atoms with Crippen LogP contribution in [-0.4, -0.2) is 30.4 Å². The van der Waals surface area contributed by atoms with Crippen molar-refractivity contribution in [1.82, 2.24) is 5.43 Å². The van der Waals surface area contributed by atoms with Crippen molar-refractivity contribution in [1.29, 1.82) is 0 Å². The molecule has 0 aliphatic carbocycles. The maximum absolute atomic E-state index is 11.7. The van der Waals surface area contributed by atoms with Crippen LogP contribution in [0.15, 0.2) is 53.6 Å². The van der Waals surface area contributed by atoms with Crippen LogP contribution in [-0.2, 0) is 4.79 Å². The lowest BCUT2D eigenvalue weighted by atomic mass is 10.2. The van der Waals surface area contributed by atoms with E-state index < -0.39 is 0 Å². The van der Waals surface area contributed by atoms with Crippen LogP contribution in [0.5, 0.6) is 11.5 Å². The first-order chi connectivity index (χ1) is 11.2. The number of aromatic hydroxyl groups is 1. The van der Waals surface area contributed by atoms with Gasteiger partial charge in [0, 0.05) is 11.3 Å². The number of hydrazone groups is 1. The van der Waals surface area contributed by atoms with Crippen LogP contribution < -0.4 is 15.5 Å². The van der Waals surface area contributed by atoms with Crippen molar-refractivity contribution in [2.24, 2.45) is 5.10 Å². The zero-order valence-corrected chi connectivity index (χ0v) is 12.8. The SMILES string of the molecule is CCOc1ccc(NCC(=O)N/N=C/c2ccccc2O)cc1. The molecule has 0 aliphatic heterocycles. The van der Waals surface area contributed by atoms with E-state index in [-0.39, 0.29) is 18.2 Å². The molecule has 0 fully saturated rings. The Morgan fingerprint density at radius 3 is 2.65 bits per heavy atom. The number of phenolic OH excluding ortho intramolecular Hbond substituents is 1. The van der Waals surface area contributed by atoms with Gasteiger partial charge in [0.05, 0.1) is 19.4 Å². The van der Waals surface area contributed by atoms with E-state index in [4.69, 9.17) is 4.74 Å². The summed E-state index contributed by atoms with van der Waals surface area (Å²) in [6.07, 6.45) is 1.39. The average Bonchev–Trinajstić information content (AvgIpc) is 2.56. The van der Waals surface area contributed by atoms with Crippen molar-refractivity contribution < 1.29 is 14.6 Å². The predicted octanol–water partition coefficient (Wildman–Crippen LogP) is 2.35. The predicted molar refractivity (Wildman–Crippen MR) is 89.9 cm³/mol. The van der Waals surface area contributed by atoms with Gasteiger partial charge in [0.15, 0.2) is 0 Å². The Labute approximate surface area is 134 Å². The van der Waals surface area contributed by atoms with Crippen LogP contribution in [0.1, 0.15) is 12.5 Å². The molecule has 23 heavy (non-hydrogen) atoms. The third-order valence-corrected chi connectivity index (χ3v) is 2.95. The van der Waals surface area contributed by atoms with Gasteiger partial charge < -0.3 is 15.2 Å². The second-order valence-corrected chi connectivity index (χ2v) is 4.66. The lowest BCUT2D eigenvalue weighted by molar-refractivity contribution is -0.119. The molecule has 0 saturated heterocycles. The van der Waals surface area contributed by atoms with E-state index in [2.05, 4.69) is 15.8 Å². The Morgan fingerprint density at radius 1 is 1.22 bits per heavy atom. The average molecular weight is 313 g/mol. The van der Waals surface area contributed by atoms with Gasteiger partial charge in [-0.3, -0.25) is 4.79 Å². The van der Waals surface area contributed by atoms with Crippen LogP contribution in [0.3, 0.4) is 0 Å². The number of nitrogens with zero attached hydrogens (tertiary/aromatic N) is 1. The summed E-state index contributed by atoms with van der Waals surface area (Å²) in [4.78, 5) is 11.7. The summed E-state index contributed by atoms with van der Waals surface area (Å²) in [7, 11) is 0. The van der Waals surface area contributed by atoms with Crippen LogP contribution in [0.2, 0.25) is 0 Å². The molecule has 0 saturated carbocycles. The Bertz CT molecular complexity index is 669. The molecule has 3 N–H and O–H groups in total. The van der Waals surface area contributed by atoms with E-state index in [9.17, 15) is 9.90 Å². The Balaban J connectivity index is 1.78. The normalized spacial score (nSPS) is 10.5. The number of anilines is 1.